The van der Waals surface area contributed by atoms with Gasteiger partial charge in [-0.15, -0.1) is 0 Å². The van der Waals surface area contributed by atoms with Gasteiger partial charge in [0.25, 0.3) is 5.56 Å². The predicted molar refractivity (Wildman–Crippen MR) is 129 cm³/mol. The average molecular weight is 459 g/mol. The summed E-state index contributed by atoms with van der Waals surface area (Å²) in [6, 6.07) is 12.3. The fraction of sp³-hybridized carbons (Fsp3) is 0.240. The molecule has 4 rings (SSSR count). The molecule has 0 saturated heterocycles. The summed E-state index contributed by atoms with van der Waals surface area (Å²) in [7, 11) is 3.44. The molecule has 0 aliphatic rings. The van der Waals surface area contributed by atoms with Gasteiger partial charge in [0.2, 0.25) is 5.91 Å². The summed E-state index contributed by atoms with van der Waals surface area (Å²) in [4.78, 5) is 33.6. The van der Waals surface area contributed by atoms with Gasteiger partial charge in [0.1, 0.15) is 17.4 Å². The largest absolute Gasteiger partial charge is 0.357 e. The minimum Gasteiger partial charge on any atom is -0.357 e. The van der Waals surface area contributed by atoms with Crippen LogP contribution < -0.4 is 16.2 Å². The van der Waals surface area contributed by atoms with E-state index in [9.17, 15) is 9.59 Å². The number of likely N-dealkylation sites (N-methyl/N-ethyl adjacent to an activating group) is 1. The van der Waals surface area contributed by atoms with E-state index in [2.05, 4.69) is 20.8 Å². The van der Waals surface area contributed by atoms with Crippen LogP contribution in [0.2, 0.25) is 0 Å². The van der Waals surface area contributed by atoms with Crippen molar-refractivity contribution in [2.24, 2.45) is 0 Å². The third-order valence-electron chi connectivity index (χ3n) is 5.61. The number of pyridine rings is 1. The van der Waals surface area contributed by atoms with E-state index in [0.29, 0.717) is 34.1 Å². The number of hydrogen-bond acceptors (Lipinski definition) is 7. The van der Waals surface area contributed by atoms with Crippen LogP contribution in [0.25, 0.3) is 34.0 Å². The van der Waals surface area contributed by atoms with E-state index < -0.39 is 6.04 Å². The summed E-state index contributed by atoms with van der Waals surface area (Å²) in [6.07, 6.45) is 3.25. The number of nitrogens with zero attached hydrogens (tertiary/aromatic N) is 4. The molecule has 2 N–H and O–H groups in total. The Morgan fingerprint density at radius 3 is 2.53 bits per heavy atom. The molecule has 1 amide bonds. The molecule has 0 saturated carbocycles. The molecule has 3 aromatic heterocycles. The zero-order valence-electron chi connectivity index (χ0n) is 19.5. The van der Waals surface area contributed by atoms with Crippen molar-refractivity contribution in [1.82, 2.24) is 30.3 Å². The second-order valence-electron chi connectivity index (χ2n) is 7.95. The van der Waals surface area contributed by atoms with E-state index in [-0.39, 0.29) is 11.5 Å². The Bertz CT molecular complexity index is 1370. The third-order valence-corrected chi connectivity index (χ3v) is 5.61. The lowest BCUT2D eigenvalue weighted by Gasteiger charge is -2.14. The number of aryl methyl sites for hydroxylation is 1. The first-order valence-electron chi connectivity index (χ1n) is 10.9. The van der Waals surface area contributed by atoms with Crippen LogP contribution in [-0.4, -0.2) is 39.7 Å². The Morgan fingerprint density at radius 1 is 1.09 bits per heavy atom. The summed E-state index contributed by atoms with van der Waals surface area (Å²) < 4.78 is 6.98. The molecule has 174 valence electrons. The van der Waals surface area contributed by atoms with Gasteiger partial charge in [-0.05, 0) is 32.5 Å². The Hall–Kier alpha value is -4.11. The molecule has 0 bridgehead atoms. The van der Waals surface area contributed by atoms with Gasteiger partial charge in [0.15, 0.2) is 5.76 Å². The SMILES string of the molecule is CNCc1ccc(-c2cc(-c3nc(-c4ccc(=O)n(C(C)C(=O)NC)c4)cnc3C)on2)cc1. The smallest absolute Gasteiger partial charge is 0.251 e. The van der Waals surface area contributed by atoms with E-state index in [0.717, 1.165) is 12.1 Å². The molecular weight excluding hydrogens is 432 g/mol. The zero-order valence-corrected chi connectivity index (χ0v) is 19.5. The lowest BCUT2D eigenvalue weighted by molar-refractivity contribution is -0.123. The fourth-order valence-corrected chi connectivity index (χ4v) is 3.64. The molecule has 9 nitrogen and oxygen atoms in total. The highest BCUT2D eigenvalue weighted by Crippen LogP contribution is 2.28. The van der Waals surface area contributed by atoms with Crippen LogP contribution in [0.4, 0.5) is 0 Å². The molecule has 3 heterocycles. The van der Waals surface area contributed by atoms with E-state index >= 15 is 0 Å². The van der Waals surface area contributed by atoms with Gasteiger partial charge in [0.05, 0.1) is 17.6 Å². The lowest BCUT2D eigenvalue weighted by atomic mass is 10.1. The van der Waals surface area contributed by atoms with E-state index in [1.807, 2.05) is 44.3 Å². The molecule has 0 radical (unpaired) electrons. The van der Waals surface area contributed by atoms with Gasteiger partial charge in [-0.1, -0.05) is 29.4 Å². The van der Waals surface area contributed by atoms with Crippen LogP contribution in [-0.2, 0) is 11.3 Å². The van der Waals surface area contributed by atoms with Crippen LogP contribution in [0.1, 0.15) is 24.2 Å². The minimum atomic E-state index is -0.661. The summed E-state index contributed by atoms with van der Waals surface area (Å²) in [5.41, 5.74) is 4.98. The van der Waals surface area contributed by atoms with Crippen molar-refractivity contribution < 1.29 is 9.32 Å². The second-order valence-corrected chi connectivity index (χ2v) is 7.95. The van der Waals surface area contributed by atoms with Gasteiger partial charge < -0.3 is 19.7 Å². The topological polar surface area (TPSA) is 115 Å². The number of carbonyl (C=O) groups excluding carboxylic acids is 1. The van der Waals surface area contributed by atoms with Crippen molar-refractivity contribution >= 4 is 5.91 Å². The number of hydrogen-bond donors (Lipinski definition) is 2. The number of carbonyl (C=O) groups is 1. The summed E-state index contributed by atoms with van der Waals surface area (Å²) in [5, 5.41) is 9.90. The summed E-state index contributed by atoms with van der Waals surface area (Å²) >= 11 is 0. The lowest BCUT2D eigenvalue weighted by Crippen LogP contribution is -2.33. The number of benzene rings is 1. The van der Waals surface area contributed by atoms with Gasteiger partial charge in [-0.2, -0.15) is 0 Å². The highest BCUT2D eigenvalue weighted by atomic mass is 16.5. The van der Waals surface area contributed by atoms with Gasteiger partial charge in [-0.3, -0.25) is 14.6 Å². The molecular formula is C25H26N6O3. The summed E-state index contributed by atoms with van der Waals surface area (Å²) in [5.74, 6) is 0.233. The van der Waals surface area contributed by atoms with Crippen molar-refractivity contribution in [2.45, 2.75) is 26.4 Å². The highest BCUT2D eigenvalue weighted by Gasteiger charge is 2.18. The molecule has 1 unspecified atom stereocenters. The molecule has 1 atom stereocenters. The van der Waals surface area contributed by atoms with Crippen LogP contribution in [0.5, 0.6) is 0 Å². The van der Waals surface area contributed by atoms with Gasteiger partial charge in [0, 0.05) is 43.0 Å². The van der Waals surface area contributed by atoms with Crippen LogP contribution in [0.3, 0.4) is 0 Å². The van der Waals surface area contributed by atoms with Crippen LogP contribution >= 0.6 is 0 Å². The maximum atomic E-state index is 12.3. The standard InChI is InChI=1S/C25H26N6O3/c1-15-24(22-11-20(30-34-22)18-7-5-17(6-8-18)12-26-3)29-21(13-28-15)19-9-10-23(32)31(14-19)16(2)25(33)27-4/h5-11,13-14,16,26H,12H2,1-4H3,(H,27,33). The fourth-order valence-electron chi connectivity index (χ4n) is 3.64. The van der Waals surface area contributed by atoms with Crippen LogP contribution in [0.15, 0.2) is 64.2 Å². The number of rotatable bonds is 7. The Kier molecular flexibility index (Phi) is 6.65. The molecule has 0 spiro atoms. The quantitative estimate of drug-likeness (QED) is 0.437. The van der Waals surface area contributed by atoms with Crippen LogP contribution in [0, 0.1) is 6.92 Å². The highest BCUT2D eigenvalue weighted by molar-refractivity contribution is 5.79. The molecule has 34 heavy (non-hydrogen) atoms. The maximum Gasteiger partial charge on any atom is 0.251 e. The third kappa shape index (κ3) is 4.65. The van der Waals surface area contributed by atoms with Crippen molar-refractivity contribution in [3.05, 3.63) is 76.5 Å². The zero-order chi connectivity index (χ0) is 24.2. The maximum absolute atomic E-state index is 12.3. The van der Waals surface area contributed by atoms with Gasteiger partial charge >= 0.3 is 0 Å². The van der Waals surface area contributed by atoms with E-state index in [4.69, 9.17) is 9.51 Å². The Balaban J connectivity index is 1.68. The average Bonchev–Trinajstić information content (AvgIpc) is 3.34. The molecule has 0 aliphatic heterocycles. The van der Waals surface area contributed by atoms with Crippen molar-refractivity contribution in [1.29, 1.82) is 0 Å². The van der Waals surface area contributed by atoms with Crippen molar-refractivity contribution in [3.8, 4) is 34.0 Å². The Morgan fingerprint density at radius 2 is 1.82 bits per heavy atom. The van der Waals surface area contributed by atoms with Crippen molar-refractivity contribution in [3.63, 3.8) is 0 Å². The summed E-state index contributed by atoms with van der Waals surface area (Å²) in [6.45, 7) is 4.30. The molecule has 1 aromatic carbocycles. The second kappa shape index (κ2) is 9.80. The number of aromatic nitrogens is 4. The predicted octanol–water partition coefficient (Wildman–Crippen LogP) is 2.96. The number of nitrogens with one attached hydrogen (secondary N) is 2. The molecule has 0 fully saturated rings. The van der Waals surface area contributed by atoms with E-state index in [1.165, 1.54) is 23.2 Å². The monoisotopic (exact) mass is 458 g/mol. The van der Waals surface area contributed by atoms with Crippen molar-refractivity contribution in [2.75, 3.05) is 14.1 Å². The van der Waals surface area contributed by atoms with E-state index in [1.54, 1.807) is 25.4 Å². The molecule has 0 aliphatic carbocycles. The first-order chi connectivity index (χ1) is 16.4. The Labute approximate surface area is 196 Å². The first-order valence-corrected chi connectivity index (χ1v) is 10.9. The molecule has 9 heteroatoms. The molecule has 4 aromatic rings. The normalized spacial score (nSPS) is 11.9. The first kappa shape index (κ1) is 23.1. The minimum absolute atomic E-state index is 0.261. The number of amides is 1. The van der Waals surface area contributed by atoms with Gasteiger partial charge in [-0.25, -0.2) is 4.98 Å².